The molecule has 0 amide bonds. The summed E-state index contributed by atoms with van der Waals surface area (Å²) in [5, 5.41) is 2.66. The summed E-state index contributed by atoms with van der Waals surface area (Å²) in [5.74, 6) is -0.274. The zero-order valence-electron chi connectivity index (χ0n) is 14.2. The fourth-order valence-electron chi connectivity index (χ4n) is 4.97. The highest BCUT2D eigenvalue weighted by Gasteiger charge is 2.43. The third kappa shape index (κ3) is 2.16. The Hall–Kier alpha value is -1.65. The molecule has 3 aliphatic rings. The standard InChI is InChI=1S/C20H24N2O2/c1-14-11-16-13-21-12-15-3-2-4-18(19(15)16)22(14)17-5-7-20(8-6-17)23-9-10-24-20/h2-4,12-14,17H,5-11H2,1H3. The van der Waals surface area contributed by atoms with Crippen molar-refractivity contribution in [2.45, 2.75) is 56.9 Å². The number of hydrogen-bond donors (Lipinski definition) is 0. The number of rotatable bonds is 1. The zero-order chi connectivity index (χ0) is 16.1. The lowest BCUT2D eigenvalue weighted by Crippen LogP contribution is -2.49. The smallest absolute Gasteiger partial charge is 0.168 e. The fourth-order valence-corrected chi connectivity index (χ4v) is 4.97. The number of aromatic nitrogens is 1. The van der Waals surface area contributed by atoms with Gasteiger partial charge in [0, 0.05) is 53.8 Å². The number of anilines is 1. The molecule has 2 aromatic rings. The molecule has 1 aromatic heterocycles. The van der Waals surface area contributed by atoms with Crippen LogP contribution in [0.5, 0.6) is 0 Å². The predicted octanol–water partition coefficient (Wildman–Crippen LogP) is 3.67. The minimum Gasteiger partial charge on any atom is -0.365 e. The van der Waals surface area contributed by atoms with E-state index in [1.807, 2.05) is 6.20 Å². The largest absolute Gasteiger partial charge is 0.365 e. The molecule has 24 heavy (non-hydrogen) atoms. The van der Waals surface area contributed by atoms with Crippen molar-refractivity contribution in [1.29, 1.82) is 0 Å². The highest BCUT2D eigenvalue weighted by Crippen LogP contribution is 2.43. The number of benzene rings is 1. The molecule has 1 atom stereocenters. The van der Waals surface area contributed by atoms with Crippen LogP contribution in [0, 0.1) is 0 Å². The molecular weight excluding hydrogens is 300 g/mol. The van der Waals surface area contributed by atoms with Gasteiger partial charge in [0.25, 0.3) is 0 Å². The van der Waals surface area contributed by atoms with Crippen LogP contribution in [0.3, 0.4) is 0 Å². The van der Waals surface area contributed by atoms with Crippen LogP contribution in [0.25, 0.3) is 10.8 Å². The Morgan fingerprint density at radius 2 is 1.92 bits per heavy atom. The summed E-state index contributed by atoms with van der Waals surface area (Å²) in [6.45, 7) is 3.86. The summed E-state index contributed by atoms with van der Waals surface area (Å²) >= 11 is 0. The second-order valence-corrected chi connectivity index (χ2v) is 7.47. The molecule has 1 aromatic carbocycles. The Balaban J connectivity index is 1.49. The highest BCUT2D eigenvalue weighted by molar-refractivity contribution is 5.97. The van der Waals surface area contributed by atoms with E-state index in [2.05, 4.69) is 41.2 Å². The third-order valence-electron chi connectivity index (χ3n) is 6.03. The second kappa shape index (κ2) is 5.43. The molecule has 1 unspecified atom stereocenters. The summed E-state index contributed by atoms with van der Waals surface area (Å²) in [6, 6.07) is 7.72. The van der Waals surface area contributed by atoms with Crippen molar-refractivity contribution in [3.05, 3.63) is 36.2 Å². The van der Waals surface area contributed by atoms with Crippen molar-refractivity contribution in [1.82, 2.24) is 4.98 Å². The molecule has 3 heterocycles. The molecule has 1 spiro atoms. The maximum absolute atomic E-state index is 5.91. The third-order valence-corrected chi connectivity index (χ3v) is 6.03. The predicted molar refractivity (Wildman–Crippen MR) is 94.3 cm³/mol. The van der Waals surface area contributed by atoms with Crippen LogP contribution in [-0.4, -0.2) is 36.1 Å². The van der Waals surface area contributed by atoms with Gasteiger partial charge in [-0.05, 0) is 37.8 Å². The molecule has 0 bridgehead atoms. The fraction of sp³-hybridized carbons (Fsp3) is 0.550. The first-order valence-electron chi connectivity index (χ1n) is 9.18. The topological polar surface area (TPSA) is 34.6 Å². The Morgan fingerprint density at radius 1 is 1.12 bits per heavy atom. The Kier molecular flexibility index (Phi) is 3.32. The number of nitrogens with zero attached hydrogens (tertiary/aromatic N) is 2. The number of ether oxygens (including phenoxy) is 2. The van der Waals surface area contributed by atoms with Gasteiger partial charge < -0.3 is 14.4 Å². The quantitative estimate of drug-likeness (QED) is 0.801. The first kappa shape index (κ1) is 14.7. The minimum atomic E-state index is -0.274. The van der Waals surface area contributed by atoms with E-state index in [-0.39, 0.29) is 5.79 Å². The van der Waals surface area contributed by atoms with Crippen molar-refractivity contribution < 1.29 is 9.47 Å². The van der Waals surface area contributed by atoms with Crippen LogP contribution in [-0.2, 0) is 15.9 Å². The Bertz CT molecular complexity index is 754. The van der Waals surface area contributed by atoms with Crippen LogP contribution in [0.1, 0.15) is 38.2 Å². The SMILES string of the molecule is CC1Cc2cncc3cccc(c23)N1C1CCC2(CC1)OCCO2. The van der Waals surface area contributed by atoms with E-state index < -0.39 is 0 Å². The number of hydrogen-bond acceptors (Lipinski definition) is 4. The van der Waals surface area contributed by atoms with Crippen LogP contribution >= 0.6 is 0 Å². The van der Waals surface area contributed by atoms with Crippen molar-refractivity contribution in [2.24, 2.45) is 0 Å². The zero-order valence-corrected chi connectivity index (χ0v) is 14.2. The van der Waals surface area contributed by atoms with Gasteiger partial charge >= 0.3 is 0 Å². The molecule has 5 rings (SSSR count). The van der Waals surface area contributed by atoms with Crippen LogP contribution in [0.2, 0.25) is 0 Å². The van der Waals surface area contributed by atoms with E-state index >= 15 is 0 Å². The lowest BCUT2D eigenvalue weighted by molar-refractivity contribution is -0.178. The van der Waals surface area contributed by atoms with E-state index in [0.29, 0.717) is 12.1 Å². The summed E-state index contributed by atoms with van der Waals surface area (Å²) in [7, 11) is 0. The van der Waals surface area contributed by atoms with Gasteiger partial charge in [-0.15, -0.1) is 0 Å². The molecule has 2 aliphatic heterocycles. The van der Waals surface area contributed by atoms with Crippen LogP contribution in [0.15, 0.2) is 30.6 Å². The van der Waals surface area contributed by atoms with Crippen molar-refractivity contribution in [3.63, 3.8) is 0 Å². The van der Waals surface area contributed by atoms with Gasteiger partial charge in [0.05, 0.1) is 13.2 Å². The molecule has 1 aliphatic carbocycles. The Labute approximate surface area is 142 Å². The van der Waals surface area contributed by atoms with E-state index in [9.17, 15) is 0 Å². The normalized spacial score (nSPS) is 26.4. The van der Waals surface area contributed by atoms with Gasteiger partial charge in [-0.25, -0.2) is 0 Å². The van der Waals surface area contributed by atoms with Gasteiger partial charge in [-0.3, -0.25) is 4.98 Å². The van der Waals surface area contributed by atoms with E-state index in [4.69, 9.17) is 9.47 Å². The molecule has 4 heteroatoms. The Morgan fingerprint density at radius 3 is 2.71 bits per heavy atom. The van der Waals surface area contributed by atoms with Crippen LogP contribution < -0.4 is 4.90 Å². The lowest BCUT2D eigenvalue weighted by atomic mass is 9.85. The molecule has 1 saturated carbocycles. The minimum absolute atomic E-state index is 0.274. The maximum Gasteiger partial charge on any atom is 0.168 e. The number of pyridine rings is 1. The van der Waals surface area contributed by atoms with E-state index in [1.165, 1.54) is 22.0 Å². The summed E-state index contributed by atoms with van der Waals surface area (Å²) < 4.78 is 11.8. The second-order valence-electron chi connectivity index (χ2n) is 7.47. The van der Waals surface area contributed by atoms with Gasteiger partial charge in [0.2, 0.25) is 0 Å². The average molecular weight is 324 g/mol. The van der Waals surface area contributed by atoms with Gasteiger partial charge in [0.1, 0.15) is 0 Å². The highest BCUT2D eigenvalue weighted by atomic mass is 16.7. The molecule has 126 valence electrons. The molecule has 1 saturated heterocycles. The van der Waals surface area contributed by atoms with E-state index in [0.717, 1.165) is 45.3 Å². The van der Waals surface area contributed by atoms with Gasteiger partial charge in [-0.1, -0.05) is 12.1 Å². The first-order chi connectivity index (χ1) is 11.8. The molecule has 0 radical (unpaired) electrons. The molecule has 2 fully saturated rings. The van der Waals surface area contributed by atoms with Crippen LogP contribution in [0.4, 0.5) is 5.69 Å². The van der Waals surface area contributed by atoms with E-state index in [1.54, 1.807) is 0 Å². The summed E-state index contributed by atoms with van der Waals surface area (Å²) in [4.78, 5) is 7.09. The maximum atomic E-state index is 5.91. The van der Waals surface area contributed by atoms with Crippen molar-refractivity contribution >= 4 is 16.5 Å². The van der Waals surface area contributed by atoms with Gasteiger partial charge in [-0.2, -0.15) is 0 Å². The average Bonchev–Trinajstić information content (AvgIpc) is 3.05. The summed E-state index contributed by atoms with van der Waals surface area (Å²) in [5.41, 5.74) is 2.78. The van der Waals surface area contributed by atoms with Crippen molar-refractivity contribution in [3.8, 4) is 0 Å². The molecule has 0 N–H and O–H groups in total. The molecular formula is C20H24N2O2. The first-order valence-corrected chi connectivity index (χ1v) is 9.18. The molecule has 4 nitrogen and oxygen atoms in total. The monoisotopic (exact) mass is 324 g/mol. The lowest BCUT2D eigenvalue weighted by Gasteiger charge is -2.46. The summed E-state index contributed by atoms with van der Waals surface area (Å²) in [6.07, 6.45) is 9.43. The van der Waals surface area contributed by atoms with Crippen molar-refractivity contribution in [2.75, 3.05) is 18.1 Å². The van der Waals surface area contributed by atoms with Gasteiger partial charge in [0.15, 0.2) is 5.79 Å².